The van der Waals surface area contributed by atoms with Crippen molar-refractivity contribution in [3.05, 3.63) is 66.2 Å². The summed E-state index contributed by atoms with van der Waals surface area (Å²) in [6.45, 7) is 0. The molecule has 0 bridgehead atoms. The fraction of sp³-hybridized carbons (Fsp3) is 0. The monoisotopic (exact) mass is 364 g/mol. The van der Waals surface area contributed by atoms with Gasteiger partial charge in [-0.25, -0.2) is 0 Å². The summed E-state index contributed by atoms with van der Waals surface area (Å²) in [6, 6.07) is 19.0. The molecule has 4 aromatic rings. The van der Waals surface area contributed by atoms with E-state index in [9.17, 15) is 4.79 Å². The van der Waals surface area contributed by atoms with Crippen molar-refractivity contribution in [2.75, 3.05) is 5.32 Å². The number of nitrogens with zero attached hydrogens (tertiary/aromatic N) is 2. The number of carbonyl (C=O) groups is 1. The number of anilines is 1. The highest BCUT2D eigenvalue weighted by Gasteiger charge is 2.11. The van der Waals surface area contributed by atoms with E-state index in [1.165, 1.54) is 0 Å². The van der Waals surface area contributed by atoms with Crippen LogP contribution < -0.4 is 10.6 Å². The number of carbonyl (C=O) groups excluding carboxylic acids is 1. The van der Waals surface area contributed by atoms with Crippen LogP contribution in [0.5, 0.6) is 0 Å². The van der Waals surface area contributed by atoms with Gasteiger partial charge in [-0.15, -0.1) is 0 Å². The number of hydrogen-bond acceptors (Lipinski definition) is 5. The van der Waals surface area contributed by atoms with Gasteiger partial charge in [0.25, 0.3) is 5.91 Å². The maximum Gasteiger partial charge on any atom is 0.257 e. The van der Waals surface area contributed by atoms with Crippen LogP contribution in [-0.4, -0.2) is 19.8 Å². The lowest BCUT2D eigenvalue weighted by atomic mass is 10.1. The summed E-state index contributed by atoms with van der Waals surface area (Å²) in [6.07, 6.45) is 0. The van der Waals surface area contributed by atoms with Gasteiger partial charge in [0.2, 0.25) is 0 Å². The molecule has 0 fully saturated rings. The molecule has 0 saturated heterocycles. The predicted octanol–water partition coefficient (Wildman–Crippen LogP) is 3.97. The Kier molecular flexibility index (Phi) is 4.09. The van der Waals surface area contributed by atoms with Gasteiger partial charge < -0.3 is 5.32 Å². The summed E-state index contributed by atoms with van der Waals surface area (Å²) in [5.74, 6) is -0.258. The fourth-order valence-corrected chi connectivity index (χ4v) is 3.32. The van der Waals surface area contributed by atoms with E-state index in [1.54, 1.807) is 6.07 Å². The summed E-state index contributed by atoms with van der Waals surface area (Å²) in [5, 5.41) is 8.03. The molecule has 1 heterocycles. The van der Waals surface area contributed by atoms with Gasteiger partial charge in [0, 0.05) is 5.56 Å². The molecule has 2 N–H and O–H groups in total. The first-order chi connectivity index (χ1) is 12.2. The lowest BCUT2D eigenvalue weighted by Crippen LogP contribution is -2.34. The van der Waals surface area contributed by atoms with Crippen LogP contribution in [0.25, 0.3) is 21.8 Å². The highest BCUT2D eigenvalue weighted by atomic mass is 32.1. The third-order valence-corrected chi connectivity index (χ3v) is 4.52. The molecule has 0 aliphatic rings. The predicted molar refractivity (Wildman–Crippen MR) is 105 cm³/mol. The van der Waals surface area contributed by atoms with Gasteiger partial charge in [0.05, 0.1) is 17.4 Å². The first-order valence-corrected chi connectivity index (χ1v) is 8.67. The zero-order valence-electron chi connectivity index (χ0n) is 12.9. The normalized spacial score (nSPS) is 10.7. The second-order valence-electron chi connectivity index (χ2n) is 5.41. The van der Waals surface area contributed by atoms with Crippen molar-refractivity contribution in [3.8, 4) is 0 Å². The number of nitrogens with one attached hydrogen (secondary N) is 2. The molecular formula is C18H12N4OS2. The first-order valence-electron chi connectivity index (χ1n) is 7.53. The third kappa shape index (κ3) is 3.19. The zero-order valence-corrected chi connectivity index (χ0v) is 14.5. The summed E-state index contributed by atoms with van der Waals surface area (Å²) in [4.78, 5) is 12.4. The van der Waals surface area contributed by atoms with Gasteiger partial charge in [-0.2, -0.15) is 8.75 Å². The Morgan fingerprint density at radius 3 is 2.68 bits per heavy atom. The smallest absolute Gasteiger partial charge is 0.257 e. The van der Waals surface area contributed by atoms with Crippen LogP contribution in [0.3, 0.4) is 0 Å². The van der Waals surface area contributed by atoms with E-state index in [4.69, 9.17) is 12.2 Å². The molecule has 0 aliphatic carbocycles. The van der Waals surface area contributed by atoms with E-state index in [2.05, 4.69) is 19.4 Å². The highest BCUT2D eigenvalue weighted by Crippen LogP contribution is 2.21. The minimum Gasteiger partial charge on any atom is -0.331 e. The van der Waals surface area contributed by atoms with Crippen LogP contribution in [0.4, 0.5) is 5.69 Å². The zero-order chi connectivity index (χ0) is 17.2. The van der Waals surface area contributed by atoms with Crippen molar-refractivity contribution in [3.63, 3.8) is 0 Å². The SMILES string of the molecule is O=C(NC(=S)Nc1cccc2nsnc12)c1ccc2ccccc2c1. The molecule has 1 aromatic heterocycles. The molecule has 122 valence electrons. The average Bonchev–Trinajstić information content (AvgIpc) is 3.11. The molecule has 0 unspecified atom stereocenters. The standard InChI is InChI=1S/C18H12N4OS2/c23-17(13-9-8-11-4-1-2-5-12(11)10-13)20-18(24)19-14-6-3-7-15-16(14)22-25-21-15/h1-10H,(H2,19,20,23,24). The number of aromatic nitrogens is 2. The van der Waals surface area contributed by atoms with E-state index >= 15 is 0 Å². The van der Waals surface area contributed by atoms with Crippen molar-refractivity contribution >= 4 is 62.5 Å². The summed E-state index contributed by atoms with van der Waals surface area (Å²) < 4.78 is 8.42. The summed E-state index contributed by atoms with van der Waals surface area (Å²) in [5.41, 5.74) is 2.79. The molecule has 0 aliphatic heterocycles. The minimum atomic E-state index is -0.258. The van der Waals surface area contributed by atoms with Gasteiger partial charge in [0.1, 0.15) is 11.0 Å². The molecule has 0 spiro atoms. The second kappa shape index (κ2) is 6.54. The van der Waals surface area contributed by atoms with E-state index in [-0.39, 0.29) is 11.0 Å². The van der Waals surface area contributed by atoms with Crippen molar-refractivity contribution in [1.29, 1.82) is 0 Å². The molecule has 0 atom stereocenters. The van der Waals surface area contributed by atoms with Crippen molar-refractivity contribution in [2.24, 2.45) is 0 Å². The molecular weight excluding hydrogens is 352 g/mol. The molecule has 25 heavy (non-hydrogen) atoms. The van der Waals surface area contributed by atoms with Crippen LogP contribution in [0.15, 0.2) is 60.7 Å². The Bertz CT molecular complexity index is 1110. The number of rotatable bonds is 2. The molecule has 3 aromatic carbocycles. The van der Waals surface area contributed by atoms with Gasteiger partial charge in [-0.3, -0.25) is 10.1 Å². The Hall–Kier alpha value is -2.90. The number of benzene rings is 3. The Morgan fingerprint density at radius 2 is 1.80 bits per heavy atom. The summed E-state index contributed by atoms with van der Waals surface area (Å²) in [7, 11) is 0. The highest BCUT2D eigenvalue weighted by molar-refractivity contribution is 7.80. The largest absolute Gasteiger partial charge is 0.331 e. The lowest BCUT2D eigenvalue weighted by Gasteiger charge is -2.10. The van der Waals surface area contributed by atoms with Crippen LogP contribution in [0.2, 0.25) is 0 Å². The van der Waals surface area contributed by atoms with Gasteiger partial charge in [-0.1, -0.05) is 36.4 Å². The first kappa shape index (κ1) is 15.6. The Labute approximate surface area is 153 Å². The Balaban J connectivity index is 1.51. The number of thiocarbonyl (C=S) groups is 1. The molecule has 0 radical (unpaired) electrons. The summed E-state index contributed by atoms with van der Waals surface area (Å²) >= 11 is 6.39. The number of hydrogen-bond donors (Lipinski definition) is 2. The van der Waals surface area contributed by atoms with Crippen molar-refractivity contribution in [1.82, 2.24) is 14.1 Å². The second-order valence-corrected chi connectivity index (χ2v) is 6.34. The number of fused-ring (bicyclic) bond motifs is 2. The third-order valence-electron chi connectivity index (χ3n) is 3.77. The van der Waals surface area contributed by atoms with Crippen LogP contribution >= 0.6 is 23.9 Å². The van der Waals surface area contributed by atoms with Gasteiger partial charge in [0.15, 0.2) is 5.11 Å². The maximum atomic E-state index is 12.4. The fourth-order valence-electron chi connectivity index (χ4n) is 2.57. The number of amides is 1. The minimum absolute atomic E-state index is 0.221. The van der Waals surface area contributed by atoms with Crippen LogP contribution in [0, 0.1) is 0 Å². The van der Waals surface area contributed by atoms with E-state index in [0.29, 0.717) is 5.56 Å². The lowest BCUT2D eigenvalue weighted by molar-refractivity contribution is 0.0978. The quantitative estimate of drug-likeness (QED) is 0.527. The average molecular weight is 364 g/mol. The molecule has 1 amide bonds. The van der Waals surface area contributed by atoms with E-state index in [1.807, 2.05) is 54.6 Å². The van der Waals surface area contributed by atoms with Crippen LogP contribution in [-0.2, 0) is 0 Å². The van der Waals surface area contributed by atoms with E-state index in [0.717, 1.165) is 39.2 Å². The van der Waals surface area contributed by atoms with Gasteiger partial charge in [-0.05, 0) is 47.3 Å². The Morgan fingerprint density at radius 1 is 0.960 bits per heavy atom. The van der Waals surface area contributed by atoms with Crippen molar-refractivity contribution in [2.45, 2.75) is 0 Å². The molecule has 5 nitrogen and oxygen atoms in total. The van der Waals surface area contributed by atoms with Crippen LogP contribution in [0.1, 0.15) is 10.4 Å². The van der Waals surface area contributed by atoms with E-state index < -0.39 is 0 Å². The molecule has 4 rings (SSSR count). The van der Waals surface area contributed by atoms with Gasteiger partial charge >= 0.3 is 0 Å². The van der Waals surface area contributed by atoms with Crippen molar-refractivity contribution < 1.29 is 4.79 Å². The molecule has 7 heteroatoms. The maximum absolute atomic E-state index is 12.4. The molecule has 0 saturated carbocycles. The topological polar surface area (TPSA) is 66.9 Å².